The maximum absolute atomic E-state index is 12.1. The topological polar surface area (TPSA) is 46.6 Å². The number of hydrogen-bond acceptors (Lipinski definition) is 4. The smallest absolute Gasteiger partial charge is 0.354 e. The van der Waals surface area contributed by atoms with Gasteiger partial charge in [-0.15, -0.1) is 0 Å². The Kier molecular flexibility index (Phi) is 4.58. The fourth-order valence-corrected chi connectivity index (χ4v) is 2.31. The molecular formula is C17H19NO3. The summed E-state index contributed by atoms with van der Waals surface area (Å²) in [5, 5.41) is 0. The van der Waals surface area contributed by atoms with Crippen molar-refractivity contribution in [3.63, 3.8) is 0 Å². The number of benzene rings is 1. The van der Waals surface area contributed by atoms with E-state index >= 15 is 0 Å². The molecule has 0 N–H and O–H groups in total. The molecule has 0 bridgehead atoms. The Morgan fingerprint density at radius 2 is 2.05 bits per heavy atom. The number of esters is 1. The fourth-order valence-electron chi connectivity index (χ4n) is 2.31. The summed E-state index contributed by atoms with van der Waals surface area (Å²) in [5.41, 5.74) is 3.04. The molecule has 0 aliphatic heterocycles. The van der Waals surface area contributed by atoms with E-state index in [0.29, 0.717) is 24.3 Å². The van der Waals surface area contributed by atoms with E-state index < -0.39 is 5.97 Å². The maximum atomic E-state index is 12.1. The average molecular weight is 285 g/mol. The molecule has 21 heavy (non-hydrogen) atoms. The van der Waals surface area contributed by atoms with Crippen LogP contribution in [0.3, 0.4) is 0 Å². The molecule has 4 nitrogen and oxygen atoms in total. The van der Waals surface area contributed by atoms with Gasteiger partial charge in [-0.05, 0) is 30.2 Å². The molecule has 0 radical (unpaired) electrons. The molecule has 1 aromatic rings. The summed E-state index contributed by atoms with van der Waals surface area (Å²) in [4.78, 5) is 25.6. The molecular weight excluding hydrogens is 266 g/mol. The second kappa shape index (κ2) is 6.39. The van der Waals surface area contributed by atoms with Crippen LogP contribution in [0, 0.1) is 0 Å². The van der Waals surface area contributed by atoms with Crippen LogP contribution in [0.15, 0.2) is 42.1 Å². The molecule has 0 saturated carbocycles. The lowest BCUT2D eigenvalue weighted by molar-refractivity contribution is -0.140. The lowest BCUT2D eigenvalue weighted by Crippen LogP contribution is -2.21. The van der Waals surface area contributed by atoms with Gasteiger partial charge in [0, 0.05) is 26.1 Å². The van der Waals surface area contributed by atoms with Crippen molar-refractivity contribution in [1.29, 1.82) is 0 Å². The predicted molar refractivity (Wildman–Crippen MR) is 81.5 cm³/mol. The minimum absolute atomic E-state index is 0.0782. The Morgan fingerprint density at radius 3 is 2.71 bits per heavy atom. The number of likely N-dealkylation sites (N-methyl/N-ethyl adjacent to an activating group) is 1. The molecule has 1 aliphatic carbocycles. The molecule has 0 heterocycles. The molecule has 0 fully saturated rings. The summed E-state index contributed by atoms with van der Waals surface area (Å²) < 4.78 is 5.01. The molecule has 1 aliphatic rings. The molecule has 2 rings (SSSR count). The molecule has 0 unspecified atom stereocenters. The quantitative estimate of drug-likeness (QED) is 0.628. The zero-order valence-electron chi connectivity index (χ0n) is 12.6. The summed E-state index contributed by atoms with van der Waals surface area (Å²) in [6.45, 7) is 2.09. The Bertz CT molecular complexity index is 627. The molecule has 0 spiro atoms. The SMILES string of the molecule is CCOC(=O)C(=CC=C1C(=O)Cc2ccccc21)N(C)C. The Morgan fingerprint density at radius 1 is 1.33 bits per heavy atom. The van der Waals surface area contributed by atoms with Gasteiger partial charge in [0.1, 0.15) is 5.70 Å². The van der Waals surface area contributed by atoms with E-state index in [1.54, 1.807) is 38.1 Å². The van der Waals surface area contributed by atoms with E-state index in [1.165, 1.54) is 0 Å². The first kappa shape index (κ1) is 15.0. The molecule has 0 aromatic heterocycles. The van der Waals surface area contributed by atoms with Crippen LogP contribution in [-0.4, -0.2) is 37.4 Å². The minimum Gasteiger partial charge on any atom is -0.461 e. The van der Waals surface area contributed by atoms with Crippen molar-refractivity contribution in [2.45, 2.75) is 13.3 Å². The third kappa shape index (κ3) is 3.21. The summed E-state index contributed by atoms with van der Waals surface area (Å²) >= 11 is 0. The highest BCUT2D eigenvalue weighted by molar-refractivity contribution is 6.25. The molecule has 0 atom stereocenters. The lowest BCUT2D eigenvalue weighted by atomic mass is 10.1. The van der Waals surface area contributed by atoms with Crippen LogP contribution in [0.25, 0.3) is 5.57 Å². The van der Waals surface area contributed by atoms with E-state index in [4.69, 9.17) is 4.74 Å². The third-order valence-electron chi connectivity index (χ3n) is 3.33. The number of carbonyl (C=O) groups excluding carboxylic acids is 2. The highest BCUT2D eigenvalue weighted by Crippen LogP contribution is 2.29. The monoisotopic (exact) mass is 285 g/mol. The third-order valence-corrected chi connectivity index (χ3v) is 3.33. The van der Waals surface area contributed by atoms with Crippen molar-refractivity contribution in [2.75, 3.05) is 20.7 Å². The Balaban J connectivity index is 2.36. The first-order valence-corrected chi connectivity index (χ1v) is 6.92. The maximum Gasteiger partial charge on any atom is 0.354 e. The number of rotatable bonds is 4. The van der Waals surface area contributed by atoms with Gasteiger partial charge in [-0.25, -0.2) is 4.79 Å². The van der Waals surface area contributed by atoms with Crippen molar-refractivity contribution in [1.82, 2.24) is 4.90 Å². The van der Waals surface area contributed by atoms with Crippen molar-refractivity contribution in [3.8, 4) is 0 Å². The number of ketones is 1. The largest absolute Gasteiger partial charge is 0.461 e. The van der Waals surface area contributed by atoms with Crippen LogP contribution in [0.2, 0.25) is 0 Å². The van der Waals surface area contributed by atoms with E-state index in [-0.39, 0.29) is 5.78 Å². The van der Waals surface area contributed by atoms with Crippen molar-refractivity contribution < 1.29 is 14.3 Å². The average Bonchev–Trinajstić information content (AvgIpc) is 2.75. The van der Waals surface area contributed by atoms with Gasteiger partial charge < -0.3 is 9.64 Å². The van der Waals surface area contributed by atoms with Crippen LogP contribution in [0.5, 0.6) is 0 Å². The summed E-state index contributed by atoms with van der Waals surface area (Å²) in [7, 11) is 3.54. The van der Waals surface area contributed by atoms with Gasteiger partial charge >= 0.3 is 5.97 Å². The van der Waals surface area contributed by atoms with Gasteiger partial charge in [0.15, 0.2) is 5.78 Å². The Hall–Kier alpha value is -2.36. The highest BCUT2D eigenvalue weighted by atomic mass is 16.5. The molecule has 0 saturated heterocycles. The summed E-state index contributed by atoms with van der Waals surface area (Å²) in [6.07, 6.45) is 3.78. The van der Waals surface area contributed by atoms with E-state index in [0.717, 1.165) is 11.1 Å². The van der Waals surface area contributed by atoms with E-state index in [2.05, 4.69) is 0 Å². The van der Waals surface area contributed by atoms with Gasteiger partial charge in [-0.3, -0.25) is 4.79 Å². The zero-order chi connectivity index (χ0) is 15.4. The van der Waals surface area contributed by atoms with Crippen molar-refractivity contribution in [2.24, 2.45) is 0 Å². The van der Waals surface area contributed by atoms with E-state index in [1.807, 2.05) is 24.3 Å². The normalized spacial score (nSPS) is 16.0. The molecule has 1 aromatic carbocycles. The first-order chi connectivity index (χ1) is 10.0. The molecule has 0 amide bonds. The Labute approximate surface area is 124 Å². The summed E-state index contributed by atoms with van der Waals surface area (Å²) in [6, 6.07) is 7.72. The molecule has 110 valence electrons. The second-order valence-electron chi connectivity index (χ2n) is 5.00. The predicted octanol–water partition coefficient (Wildman–Crippen LogP) is 2.20. The molecule has 4 heteroatoms. The number of ether oxygens (including phenoxy) is 1. The minimum atomic E-state index is -0.391. The number of allylic oxidation sites excluding steroid dienone is 3. The summed E-state index contributed by atoms with van der Waals surface area (Å²) in [5.74, 6) is -0.313. The second-order valence-corrected chi connectivity index (χ2v) is 5.00. The zero-order valence-corrected chi connectivity index (χ0v) is 12.6. The van der Waals surface area contributed by atoms with Crippen LogP contribution in [0.1, 0.15) is 18.1 Å². The van der Waals surface area contributed by atoms with Gasteiger partial charge in [0.2, 0.25) is 0 Å². The van der Waals surface area contributed by atoms with Gasteiger partial charge in [0.25, 0.3) is 0 Å². The number of hydrogen-bond donors (Lipinski definition) is 0. The van der Waals surface area contributed by atoms with Crippen LogP contribution >= 0.6 is 0 Å². The van der Waals surface area contributed by atoms with Crippen LogP contribution in [0.4, 0.5) is 0 Å². The van der Waals surface area contributed by atoms with Crippen LogP contribution < -0.4 is 0 Å². The van der Waals surface area contributed by atoms with Crippen LogP contribution in [-0.2, 0) is 20.7 Å². The standard InChI is InChI=1S/C17H19NO3/c1-4-21-17(20)15(18(2)3)10-9-14-13-8-6-5-7-12(13)11-16(14)19/h5-10H,4,11H2,1-3H3. The number of carbonyl (C=O) groups is 2. The highest BCUT2D eigenvalue weighted by Gasteiger charge is 2.23. The van der Waals surface area contributed by atoms with Gasteiger partial charge in [0.05, 0.1) is 6.61 Å². The lowest BCUT2D eigenvalue weighted by Gasteiger charge is -2.14. The van der Waals surface area contributed by atoms with Crippen molar-refractivity contribution in [3.05, 3.63) is 53.2 Å². The fraction of sp³-hybridized carbons (Fsp3) is 0.294. The van der Waals surface area contributed by atoms with Crippen molar-refractivity contribution >= 4 is 17.3 Å². The van der Waals surface area contributed by atoms with Gasteiger partial charge in [-0.1, -0.05) is 24.3 Å². The number of fused-ring (bicyclic) bond motifs is 1. The number of Topliss-reactive ketones (excluding diaryl/α,β-unsaturated/α-hetero) is 1. The first-order valence-electron chi connectivity index (χ1n) is 6.92. The van der Waals surface area contributed by atoms with Gasteiger partial charge in [-0.2, -0.15) is 0 Å². The van der Waals surface area contributed by atoms with E-state index in [9.17, 15) is 9.59 Å². The number of nitrogens with zero attached hydrogens (tertiary/aromatic N) is 1.